The average Bonchev–Trinajstić information content (AvgIpc) is 2.15. The van der Waals surface area contributed by atoms with Crippen LogP contribution in [-0.4, -0.2) is 48.8 Å². The van der Waals surface area contributed by atoms with Crippen LogP contribution in [0.4, 0.5) is 0 Å². The van der Waals surface area contributed by atoms with E-state index in [4.69, 9.17) is 9.84 Å². The minimum atomic E-state index is -0.776. The molecule has 1 unspecified atom stereocenters. The summed E-state index contributed by atoms with van der Waals surface area (Å²) in [5.74, 6) is -0.0513. The third kappa shape index (κ3) is 4.36. The van der Waals surface area contributed by atoms with Gasteiger partial charge in [-0.05, 0) is 31.8 Å². The predicted octanol–water partition coefficient (Wildman–Crippen LogP) is 1.24. The second-order valence-corrected chi connectivity index (χ2v) is 4.03. The van der Waals surface area contributed by atoms with Crippen molar-refractivity contribution in [2.45, 2.75) is 25.8 Å². The number of carboxylic acids is 1. The van der Waals surface area contributed by atoms with Crippen LogP contribution in [0.3, 0.4) is 0 Å². The largest absolute Gasteiger partial charge is 0.480 e. The number of ether oxygens (including phenoxy) is 1. The van der Waals surface area contributed by atoms with E-state index < -0.39 is 12.0 Å². The summed E-state index contributed by atoms with van der Waals surface area (Å²) >= 11 is 0. The fourth-order valence-electron chi connectivity index (χ4n) is 1.83. The highest BCUT2D eigenvalue weighted by atomic mass is 35.5. The molecule has 0 aromatic rings. The Kier molecular flexibility index (Phi) is 6.89. The zero-order valence-corrected chi connectivity index (χ0v) is 10.1. The first kappa shape index (κ1) is 14.7. The SMILES string of the molecule is COCC(C(=O)O)N1CCC(C)CC1.Cl. The number of hydrogen-bond donors (Lipinski definition) is 1. The van der Waals surface area contributed by atoms with Gasteiger partial charge < -0.3 is 9.84 Å². The molecule has 0 saturated carbocycles. The maximum atomic E-state index is 10.9. The van der Waals surface area contributed by atoms with Crippen molar-refractivity contribution >= 4 is 18.4 Å². The standard InChI is InChI=1S/C10H19NO3.ClH/c1-8-3-5-11(6-4-8)9(7-14-2)10(12)13;/h8-9H,3-7H2,1-2H3,(H,12,13);1H. The Morgan fingerprint density at radius 1 is 1.53 bits per heavy atom. The van der Waals surface area contributed by atoms with Gasteiger partial charge in [0.2, 0.25) is 0 Å². The van der Waals surface area contributed by atoms with E-state index in [9.17, 15) is 4.79 Å². The molecule has 0 aromatic heterocycles. The molecule has 1 N–H and O–H groups in total. The quantitative estimate of drug-likeness (QED) is 0.800. The number of likely N-dealkylation sites (tertiary alicyclic amines) is 1. The van der Waals surface area contributed by atoms with E-state index in [1.54, 1.807) is 7.11 Å². The molecule has 5 heteroatoms. The first-order valence-corrected chi connectivity index (χ1v) is 5.11. The normalized spacial score (nSPS) is 20.7. The van der Waals surface area contributed by atoms with Crippen LogP contribution in [0.5, 0.6) is 0 Å². The molecule has 1 fully saturated rings. The summed E-state index contributed by atoms with van der Waals surface area (Å²) in [6, 6.07) is -0.465. The maximum absolute atomic E-state index is 10.9. The minimum absolute atomic E-state index is 0. The molecule has 0 spiro atoms. The molecule has 1 atom stereocenters. The van der Waals surface area contributed by atoms with Crippen molar-refractivity contribution in [2.75, 3.05) is 26.8 Å². The lowest BCUT2D eigenvalue weighted by Gasteiger charge is -2.34. The molecule has 0 aromatic carbocycles. The van der Waals surface area contributed by atoms with E-state index in [1.807, 2.05) is 4.90 Å². The van der Waals surface area contributed by atoms with Crippen molar-refractivity contribution in [3.63, 3.8) is 0 Å². The number of halogens is 1. The Labute approximate surface area is 97.0 Å². The molecular weight excluding hydrogens is 218 g/mol. The van der Waals surface area contributed by atoms with Crippen LogP contribution in [0, 0.1) is 5.92 Å². The molecule has 15 heavy (non-hydrogen) atoms. The lowest BCUT2D eigenvalue weighted by atomic mass is 9.98. The molecule has 0 amide bonds. The van der Waals surface area contributed by atoms with Crippen LogP contribution >= 0.6 is 12.4 Å². The van der Waals surface area contributed by atoms with Gasteiger partial charge in [-0.15, -0.1) is 12.4 Å². The Morgan fingerprint density at radius 3 is 2.47 bits per heavy atom. The Morgan fingerprint density at radius 2 is 2.07 bits per heavy atom. The molecule has 1 saturated heterocycles. The molecule has 4 nitrogen and oxygen atoms in total. The molecule has 1 aliphatic rings. The van der Waals surface area contributed by atoms with Crippen LogP contribution in [0.2, 0.25) is 0 Å². The van der Waals surface area contributed by atoms with E-state index in [-0.39, 0.29) is 19.0 Å². The first-order valence-electron chi connectivity index (χ1n) is 5.11. The van der Waals surface area contributed by atoms with Crippen LogP contribution in [0.1, 0.15) is 19.8 Å². The van der Waals surface area contributed by atoms with Gasteiger partial charge in [0.05, 0.1) is 6.61 Å². The van der Waals surface area contributed by atoms with Gasteiger partial charge in [0.15, 0.2) is 0 Å². The van der Waals surface area contributed by atoms with Crippen molar-refractivity contribution < 1.29 is 14.6 Å². The lowest BCUT2D eigenvalue weighted by molar-refractivity contribution is -0.146. The van der Waals surface area contributed by atoms with Gasteiger partial charge in [0, 0.05) is 7.11 Å². The Hall–Kier alpha value is -0.320. The average molecular weight is 238 g/mol. The number of rotatable bonds is 4. The smallest absolute Gasteiger partial charge is 0.323 e. The Bertz CT molecular complexity index is 193. The van der Waals surface area contributed by atoms with Gasteiger partial charge in [0.1, 0.15) is 6.04 Å². The number of carbonyl (C=O) groups is 1. The number of carboxylic acid groups (broad SMARTS) is 1. The summed E-state index contributed by atoms with van der Waals surface area (Å²) < 4.78 is 4.92. The molecule has 0 radical (unpaired) electrons. The number of hydrogen-bond acceptors (Lipinski definition) is 3. The van der Waals surface area contributed by atoms with Crippen LogP contribution < -0.4 is 0 Å². The second-order valence-electron chi connectivity index (χ2n) is 4.03. The highest BCUT2D eigenvalue weighted by Crippen LogP contribution is 2.18. The topological polar surface area (TPSA) is 49.8 Å². The fourth-order valence-corrected chi connectivity index (χ4v) is 1.83. The number of nitrogens with zero attached hydrogens (tertiary/aromatic N) is 1. The van der Waals surface area contributed by atoms with Gasteiger partial charge in [-0.25, -0.2) is 0 Å². The molecule has 1 rings (SSSR count). The van der Waals surface area contributed by atoms with Gasteiger partial charge in [-0.2, -0.15) is 0 Å². The summed E-state index contributed by atoms with van der Waals surface area (Å²) in [5.41, 5.74) is 0. The second kappa shape index (κ2) is 7.04. The minimum Gasteiger partial charge on any atom is -0.480 e. The van der Waals surface area contributed by atoms with Crippen molar-refractivity contribution in [2.24, 2.45) is 5.92 Å². The number of piperidine rings is 1. The van der Waals surface area contributed by atoms with Crippen LogP contribution in [-0.2, 0) is 9.53 Å². The summed E-state index contributed by atoms with van der Waals surface area (Å²) in [5, 5.41) is 9.00. The number of methoxy groups -OCH3 is 1. The lowest BCUT2D eigenvalue weighted by Crippen LogP contribution is -2.47. The highest BCUT2D eigenvalue weighted by Gasteiger charge is 2.28. The number of aliphatic carboxylic acids is 1. The summed E-state index contributed by atoms with van der Waals surface area (Å²) in [7, 11) is 1.54. The van der Waals surface area contributed by atoms with Crippen LogP contribution in [0.25, 0.3) is 0 Å². The predicted molar refractivity (Wildman–Crippen MR) is 60.5 cm³/mol. The molecule has 0 aliphatic carbocycles. The molecule has 1 aliphatic heterocycles. The van der Waals surface area contributed by atoms with Crippen LogP contribution in [0.15, 0.2) is 0 Å². The summed E-state index contributed by atoms with van der Waals surface area (Å²) in [6.07, 6.45) is 2.18. The third-order valence-corrected chi connectivity index (χ3v) is 2.87. The van der Waals surface area contributed by atoms with E-state index in [0.29, 0.717) is 0 Å². The van der Waals surface area contributed by atoms with E-state index >= 15 is 0 Å². The monoisotopic (exact) mass is 237 g/mol. The van der Waals surface area contributed by atoms with E-state index in [2.05, 4.69) is 6.92 Å². The van der Waals surface area contributed by atoms with Crippen molar-refractivity contribution in [1.82, 2.24) is 4.90 Å². The van der Waals surface area contributed by atoms with Gasteiger partial charge in [-0.3, -0.25) is 9.69 Å². The highest BCUT2D eigenvalue weighted by molar-refractivity contribution is 5.85. The zero-order valence-electron chi connectivity index (χ0n) is 9.31. The Balaban J connectivity index is 0.00000196. The third-order valence-electron chi connectivity index (χ3n) is 2.87. The van der Waals surface area contributed by atoms with Crippen molar-refractivity contribution in [1.29, 1.82) is 0 Å². The molecule has 90 valence electrons. The van der Waals surface area contributed by atoms with Crippen molar-refractivity contribution in [3.05, 3.63) is 0 Å². The summed E-state index contributed by atoms with van der Waals surface area (Å²) in [6.45, 7) is 4.25. The van der Waals surface area contributed by atoms with E-state index in [0.717, 1.165) is 31.8 Å². The summed E-state index contributed by atoms with van der Waals surface area (Å²) in [4.78, 5) is 13.0. The molecular formula is C10H20ClNO3. The van der Waals surface area contributed by atoms with Gasteiger partial charge in [0.25, 0.3) is 0 Å². The van der Waals surface area contributed by atoms with Gasteiger partial charge >= 0.3 is 5.97 Å². The molecule has 0 bridgehead atoms. The zero-order chi connectivity index (χ0) is 10.6. The molecule has 1 heterocycles. The maximum Gasteiger partial charge on any atom is 0.323 e. The fraction of sp³-hybridized carbons (Fsp3) is 0.900. The first-order chi connectivity index (χ1) is 6.65. The van der Waals surface area contributed by atoms with E-state index in [1.165, 1.54) is 0 Å². The van der Waals surface area contributed by atoms with Crippen molar-refractivity contribution in [3.8, 4) is 0 Å². The van der Waals surface area contributed by atoms with Gasteiger partial charge in [-0.1, -0.05) is 6.92 Å².